The molecule has 0 bridgehead atoms. The SMILES string of the molecule is CC(C)(C)c1cccc(C=CCCl)c1. The predicted molar refractivity (Wildman–Crippen MR) is 64.9 cm³/mol. The highest BCUT2D eigenvalue weighted by atomic mass is 35.5. The Labute approximate surface area is 91.6 Å². The molecule has 0 aliphatic heterocycles. The normalized spacial score (nSPS) is 12.3. The van der Waals surface area contributed by atoms with Gasteiger partial charge in [-0.3, -0.25) is 0 Å². The van der Waals surface area contributed by atoms with Crippen molar-refractivity contribution in [2.45, 2.75) is 26.2 Å². The van der Waals surface area contributed by atoms with Crippen LogP contribution in [0.1, 0.15) is 31.9 Å². The fraction of sp³-hybridized carbons (Fsp3) is 0.385. The molecule has 0 heterocycles. The zero-order valence-corrected chi connectivity index (χ0v) is 9.81. The van der Waals surface area contributed by atoms with Crippen molar-refractivity contribution in [3.63, 3.8) is 0 Å². The average molecular weight is 209 g/mol. The lowest BCUT2D eigenvalue weighted by Crippen LogP contribution is -2.10. The van der Waals surface area contributed by atoms with Crippen LogP contribution in [0.4, 0.5) is 0 Å². The van der Waals surface area contributed by atoms with Gasteiger partial charge in [0.1, 0.15) is 0 Å². The Morgan fingerprint density at radius 1 is 1.29 bits per heavy atom. The Kier molecular flexibility index (Phi) is 3.77. The van der Waals surface area contributed by atoms with Crippen molar-refractivity contribution in [3.05, 3.63) is 41.5 Å². The Balaban J connectivity index is 2.96. The molecule has 1 rings (SSSR count). The first-order valence-corrected chi connectivity index (χ1v) is 5.40. The number of hydrogen-bond donors (Lipinski definition) is 0. The fourth-order valence-corrected chi connectivity index (χ4v) is 1.38. The molecule has 0 saturated carbocycles. The Morgan fingerprint density at radius 3 is 2.57 bits per heavy atom. The van der Waals surface area contributed by atoms with Crippen molar-refractivity contribution in [1.29, 1.82) is 0 Å². The van der Waals surface area contributed by atoms with Gasteiger partial charge in [0.05, 0.1) is 0 Å². The molecule has 1 aromatic rings. The summed E-state index contributed by atoms with van der Waals surface area (Å²) in [6, 6.07) is 8.56. The lowest BCUT2D eigenvalue weighted by Gasteiger charge is -2.19. The van der Waals surface area contributed by atoms with E-state index in [4.69, 9.17) is 11.6 Å². The Bertz CT molecular complexity index is 318. The molecule has 1 heteroatoms. The van der Waals surface area contributed by atoms with Crippen LogP contribution < -0.4 is 0 Å². The van der Waals surface area contributed by atoms with E-state index < -0.39 is 0 Å². The van der Waals surface area contributed by atoms with Crippen LogP contribution in [0.25, 0.3) is 6.08 Å². The summed E-state index contributed by atoms with van der Waals surface area (Å²) in [7, 11) is 0. The van der Waals surface area contributed by atoms with E-state index in [1.807, 2.05) is 6.08 Å². The quantitative estimate of drug-likeness (QED) is 0.638. The second-order valence-electron chi connectivity index (χ2n) is 4.43. The molecule has 0 spiro atoms. The minimum Gasteiger partial charge on any atom is -0.122 e. The monoisotopic (exact) mass is 208 g/mol. The molecular weight excluding hydrogens is 192 g/mol. The highest BCUT2D eigenvalue weighted by Gasteiger charge is 2.12. The highest BCUT2D eigenvalue weighted by molar-refractivity contribution is 6.19. The summed E-state index contributed by atoms with van der Waals surface area (Å²) < 4.78 is 0. The van der Waals surface area contributed by atoms with Crippen LogP contribution in [0.5, 0.6) is 0 Å². The average Bonchev–Trinajstić information content (AvgIpc) is 2.14. The predicted octanol–water partition coefficient (Wildman–Crippen LogP) is 4.24. The summed E-state index contributed by atoms with van der Waals surface area (Å²) in [6.07, 6.45) is 4.02. The summed E-state index contributed by atoms with van der Waals surface area (Å²) >= 11 is 5.59. The van der Waals surface area contributed by atoms with E-state index in [0.29, 0.717) is 5.88 Å². The number of alkyl halides is 1. The molecular formula is C13H17Cl. The fourth-order valence-electron chi connectivity index (χ4n) is 1.29. The van der Waals surface area contributed by atoms with Gasteiger partial charge >= 0.3 is 0 Å². The lowest BCUT2D eigenvalue weighted by atomic mass is 9.86. The van der Waals surface area contributed by atoms with E-state index in [9.17, 15) is 0 Å². The van der Waals surface area contributed by atoms with E-state index in [0.717, 1.165) is 0 Å². The van der Waals surface area contributed by atoms with E-state index in [2.05, 4.69) is 51.1 Å². The zero-order chi connectivity index (χ0) is 10.6. The maximum atomic E-state index is 5.59. The minimum atomic E-state index is 0.213. The molecule has 0 atom stereocenters. The number of allylic oxidation sites excluding steroid dienone is 1. The van der Waals surface area contributed by atoms with Crippen molar-refractivity contribution >= 4 is 17.7 Å². The molecule has 0 amide bonds. The number of halogens is 1. The summed E-state index contributed by atoms with van der Waals surface area (Å²) in [5.41, 5.74) is 2.79. The molecule has 0 unspecified atom stereocenters. The van der Waals surface area contributed by atoms with Gasteiger partial charge in [0.15, 0.2) is 0 Å². The maximum Gasteiger partial charge on any atom is 0.0407 e. The van der Waals surface area contributed by atoms with Gasteiger partial charge in [-0.25, -0.2) is 0 Å². The van der Waals surface area contributed by atoms with Gasteiger partial charge in [-0.2, -0.15) is 0 Å². The molecule has 14 heavy (non-hydrogen) atoms. The summed E-state index contributed by atoms with van der Waals surface area (Å²) in [4.78, 5) is 0. The molecule has 0 nitrogen and oxygen atoms in total. The third-order valence-electron chi connectivity index (χ3n) is 2.15. The number of benzene rings is 1. The van der Waals surface area contributed by atoms with Crippen LogP contribution in [-0.4, -0.2) is 5.88 Å². The second kappa shape index (κ2) is 4.65. The number of rotatable bonds is 2. The molecule has 0 aromatic heterocycles. The minimum absolute atomic E-state index is 0.213. The molecule has 0 aliphatic rings. The Hall–Kier alpha value is -0.750. The van der Waals surface area contributed by atoms with E-state index in [1.165, 1.54) is 11.1 Å². The van der Waals surface area contributed by atoms with Gasteiger partial charge in [-0.15, -0.1) is 11.6 Å². The number of hydrogen-bond acceptors (Lipinski definition) is 0. The van der Waals surface area contributed by atoms with Gasteiger partial charge in [-0.1, -0.05) is 57.2 Å². The van der Waals surface area contributed by atoms with Crippen LogP contribution in [0.2, 0.25) is 0 Å². The Morgan fingerprint density at radius 2 is 2.00 bits per heavy atom. The van der Waals surface area contributed by atoms with Crippen LogP contribution >= 0.6 is 11.6 Å². The first-order valence-electron chi connectivity index (χ1n) is 4.87. The molecule has 0 fully saturated rings. The molecule has 76 valence electrons. The molecule has 0 radical (unpaired) electrons. The third-order valence-corrected chi connectivity index (χ3v) is 2.33. The largest absolute Gasteiger partial charge is 0.122 e. The van der Waals surface area contributed by atoms with Gasteiger partial charge in [0.2, 0.25) is 0 Å². The van der Waals surface area contributed by atoms with Crippen LogP contribution in [0.15, 0.2) is 30.3 Å². The van der Waals surface area contributed by atoms with Gasteiger partial charge in [-0.05, 0) is 16.5 Å². The first kappa shape index (κ1) is 11.3. The standard InChI is InChI=1S/C13H17Cl/c1-13(2,3)12-8-4-6-11(10-12)7-5-9-14/h4-8,10H,9H2,1-3H3. The van der Waals surface area contributed by atoms with Crippen LogP contribution in [0, 0.1) is 0 Å². The van der Waals surface area contributed by atoms with E-state index in [1.54, 1.807) is 0 Å². The van der Waals surface area contributed by atoms with Crippen molar-refractivity contribution in [2.24, 2.45) is 0 Å². The van der Waals surface area contributed by atoms with Gasteiger partial charge < -0.3 is 0 Å². The maximum absolute atomic E-state index is 5.59. The zero-order valence-electron chi connectivity index (χ0n) is 9.05. The molecule has 0 saturated heterocycles. The van der Waals surface area contributed by atoms with Crippen molar-refractivity contribution in [3.8, 4) is 0 Å². The lowest BCUT2D eigenvalue weighted by molar-refractivity contribution is 0.590. The summed E-state index contributed by atoms with van der Waals surface area (Å²) in [6.45, 7) is 6.66. The van der Waals surface area contributed by atoms with Crippen molar-refractivity contribution in [1.82, 2.24) is 0 Å². The summed E-state index contributed by atoms with van der Waals surface area (Å²) in [5.74, 6) is 0.569. The van der Waals surface area contributed by atoms with Crippen LogP contribution in [0.3, 0.4) is 0 Å². The van der Waals surface area contributed by atoms with Gasteiger partial charge in [0.25, 0.3) is 0 Å². The highest BCUT2D eigenvalue weighted by Crippen LogP contribution is 2.23. The molecule has 0 N–H and O–H groups in total. The molecule has 1 aromatic carbocycles. The van der Waals surface area contributed by atoms with Crippen molar-refractivity contribution < 1.29 is 0 Å². The van der Waals surface area contributed by atoms with Crippen LogP contribution in [-0.2, 0) is 5.41 Å². The molecule has 0 aliphatic carbocycles. The van der Waals surface area contributed by atoms with E-state index in [-0.39, 0.29) is 5.41 Å². The topological polar surface area (TPSA) is 0 Å². The first-order chi connectivity index (χ1) is 6.54. The summed E-state index contributed by atoms with van der Waals surface area (Å²) in [5, 5.41) is 0. The van der Waals surface area contributed by atoms with E-state index >= 15 is 0 Å². The van der Waals surface area contributed by atoms with Crippen molar-refractivity contribution in [2.75, 3.05) is 5.88 Å². The smallest absolute Gasteiger partial charge is 0.0407 e. The van der Waals surface area contributed by atoms with Gasteiger partial charge in [0, 0.05) is 5.88 Å². The second-order valence-corrected chi connectivity index (χ2v) is 4.74. The third kappa shape index (κ3) is 3.19.